The number of imidazole rings is 1. The number of rotatable bonds is 5. The summed E-state index contributed by atoms with van der Waals surface area (Å²) >= 11 is 0. The molecule has 1 fully saturated rings. The molecule has 0 spiro atoms. The van der Waals surface area contributed by atoms with E-state index in [-0.39, 0.29) is 12.0 Å². The molecular weight excluding hydrogens is 434 g/mol. The van der Waals surface area contributed by atoms with Crippen molar-refractivity contribution in [3.63, 3.8) is 0 Å². The fourth-order valence-corrected chi connectivity index (χ4v) is 5.19. The van der Waals surface area contributed by atoms with Gasteiger partial charge in [0.1, 0.15) is 24.6 Å². The van der Waals surface area contributed by atoms with Gasteiger partial charge in [-0.25, -0.2) is 15.0 Å². The first-order chi connectivity index (χ1) is 16.7. The monoisotopic (exact) mass is 459 g/mol. The molecule has 9 heteroatoms. The summed E-state index contributed by atoms with van der Waals surface area (Å²) in [5, 5.41) is 33.6. The molecule has 1 aliphatic heterocycles. The molecule has 6 atom stereocenters. The molecule has 6 rings (SSSR count). The van der Waals surface area contributed by atoms with Crippen molar-refractivity contribution >= 4 is 17.0 Å². The fourth-order valence-electron chi connectivity index (χ4n) is 5.19. The van der Waals surface area contributed by atoms with Crippen LogP contribution in [0.3, 0.4) is 0 Å². The van der Waals surface area contributed by atoms with Gasteiger partial charge in [0, 0.05) is 5.92 Å². The predicted octanol–water partition coefficient (Wildman–Crippen LogP) is 2.13. The van der Waals surface area contributed by atoms with Crippen LogP contribution in [0.4, 0.5) is 5.82 Å². The number of nitrogens with zero attached hydrogens (tertiary/aromatic N) is 4. The lowest BCUT2D eigenvalue weighted by atomic mass is 9.93. The molecule has 0 bridgehead atoms. The first-order valence-electron chi connectivity index (χ1n) is 11.4. The lowest BCUT2D eigenvalue weighted by Gasteiger charge is -2.17. The van der Waals surface area contributed by atoms with Crippen molar-refractivity contribution in [3.05, 3.63) is 83.9 Å². The first-order valence-corrected chi connectivity index (χ1v) is 11.4. The number of fused-ring (bicyclic) bond motifs is 2. The zero-order chi connectivity index (χ0) is 23.2. The summed E-state index contributed by atoms with van der Waals surface area (Å²) in [5.74, 6) is 0.868. The number of aliphatic hydroxyl groups excluding tert-OH is 3. The Hall–Kier alpha value is -3.37. The summed E-state index contributed by atoms with van der Waals surface area (Å²) in [5.41, 5.74) is 4.82. The van der Waals surface area contributed by atoms with Crippen LogP contribution in [0.15, 0.2) is 67.3 Å². The Morgan fingerprint density at radius 1 is 0.941 bits per heavy atom. The van der Waals surface area contributed by atoms with E-state index in [4.69, 9.17) is 4.74 Å². The first kappa shape index (κ1) is 21.2. The van der Waals surface area contributed by atoms with Gasteiger partial charge in [0.15, 0.2) is 23.2 Å². The number of anilines is 1. The molecule has 2 aromatic carbocycles. The molecule has 2 unspecified atom stereocenters. The van der Waals surface area contributed by atoms with Gasteiger partial charge < -0.3 is 25.4 Å². The van der Waals surface area contributed by atoms with Crippen LogP contribution in [-0.4, -0.2) is 59.8 Å². The number of benzene rings is 2. The molecule has 0 radical (unpaired) electrons. The summed E-state index contributed by atoms with van der Waals surface area (Å²) in [6.07, 6.45) is -0.355. The number of hydrogen-bond donors (Lipinski definition) is 4. The minimum absolute atomic E-state index is 0.0403. The maximum atomic E-state index is 10.4. The average molecular weight is 460 g/mol. The van der Waals surface area contributed by atoms with Crippen LogP contribution in [0.5, 0.6) is 0 Å². The molecule has 1 aliphatic carbocycles. The molecule has 2 aromatic heterocycles. The summed E-state index contributed by atoms with van der Waals surface area (Å²) in [7, 11) is 0. The molecular formula is C25H25N5O4. The summed E-state index contributed by atoms with van der Waals surface area (Å²) in [4.78, 5) is 13.3. The topological polar surface area (TPSA) is 126 Å². The van der Waals surface area contributed by atoms with E-state index >= 15 is 0 Å². The normalized spacial score (nSPS) is 28.3. The van der Waals surface area contributed by atoms with Gasteiger partial charge in [-0.1, -0.05) is 54.6 Å². The standard InChI is InChI=1S/C25H25N5O4/c31-11-19-21(32)22(33)25(34-19)30-13-28-20-23(26-12-27-24(20)30)29-18-10-17(14-6-2-1-3-7-14)15-8-4-5-9-16(15)18/h1-9,12-13,17-19,21-22,25,31-33H,10-11H2,(H,26,27,29)/t17?,18?,19-,21-,22-,25-/m1/s1. The highest BCUT2D eigenvalue weighted by molar-refractivity contribution is 5.83. The third kappa shape index (κ3) is 3.36. The van der Waals surface area contributed by atoms with Crippen LogP contribution in [0.1, 0.15) is 41.3 Å². The Bertz CT molecular complexity index is 1310. The number of ether oxygens (including phenoxy) is 1. The van der Waals surface area contributed by atoms with Gasteiger partial charge >= 0.3 is 0 Å². The largest absolute Gasteiger partial charge is 0.394 e. The van der Waals surface area contributed by atoms with Crippen LogP contribution in [0.25, 0.3) is 11.2 Å². The smallest absolute Gasteiger partial charge is 0.167 e. The zero-order valence-corrected chi connectivity index (χ0v) is 18.3. The van der Waals surface area contributed by atoms with Crippen LogP contribution < -0.4 is 5.32 Å². The highest BCUT2D eigenvalue weighted by atomic mass is 16.6. The van der Waals surface area contributed by atoms with E-state index in [0.717, 1.165) is 6.42 Å². The Labute approximate surface area is 195 Å². The van der Waals surface area contributed by atoms with Gasteiger partial charge in [0.25, 0.3) is 0 Å². The van der Waals surface area contributed by atoms with E-state index in [1.807, 2.05) is 12.1 Å². The number of hydrogen-bond acceptors (Lipinski definition) is 8. The fraction of sp³-hybridized carbons (Fsp3) is 0.320. The summed E-state index contributed by atoms with van der Waals surface area (Å²) in [6, 6.07) is 19.0. The van der Waals surface area contributed by atoms with E-state index in [0.29, 0.717) is 17.0 Å². The second-order valence-electron chi connectivity index (χ2n) is 8.80. The number of aliphatic hydroxyl groups is 3. The number of nitrogens with one attached hydrogen (secondary N) is 1. The maximum Gasteiger partial charge on any atom is 0.167 e. The molecule has 34 heavy (non-hydrogen) atoms. The van der Waals surface area contributed by atoms with Crippen LogP contribution in [0.2, 0.25) is 0 Å². The van der Waals surface area contributed by atoms with Gasteiger partial charge in [-0.3, -0.25) is 4.57 Å². The Kier molecular flexibility index (Phi) is 5.26. The van der Waals surface area contributed by atoms with Crippen molar-refractivity contribution in [1.82, 2.24) is 19.5 Å². The lowest BCUT2D eigenvalue weighted by molar-refractivity contribution is -0.0511. The Morgan fingerprint density at radius 2 is 1.71 bits per heavy atom. The predicted molar refractivity (Wildman–Crippen MR) is 124 cm³/mol. The number of aromatic nitrogens is 4. The van der Waals surface area contributed by atoms with E-state index in [1.165, 1.54) is 29.3 Å². The Morgan fingerprint density at radius 3 is 2.47 bits per heavy atom. The molecule has 0 saturated carbocycles. The van der Waals surface area contributed by atoms with Crippen molar-refractivity contribution in [2.75, 3.05) is 11.9 Å². The zero-order valence-electron chi connectivity index (χ0n) is 18.3. The SMILES string of the molecule is OC[C@H]1O[C@@H](n2cnc3c(NC4CC(c5ccccc5)c5ccccc54)ncnc32)[C@H](O)[C@@H]1O. The summed E-state index contributed by atoms with van der Waals surface area (Å²) in [6.45, 7) is -0.396. The highest BCUT2D eigenvalue weighted by Crippen LogP contribution is 2.45. The van der Waals surface area contributed by atoms with Crippen LogP contribution in [-0.2, 0) is 4.74 Å². The van der Waals surface area contributed by atoms with Crippen molar-refractivity contribution in [3.8, 4) is 0 Å². The molecule has 4 N–H and O–H groups in total. The molecule has 2 aliphatic rings. The molecule has 174 valence electrons. The molecule has 9 nitrogen and oxygen atoms in total. The quantitative estimate of drug-likeness (QED) is 0.358. The lowest BCUT2D eigenvalue weighted by Crippen LogP contribution is -2.33. The highest BCUT2D eigenvalue weighted by Gasteiger charge is 2.44. The third-order valence-electron chi connectivity index (χ3n) is 6.88. The van der Waals surface area contributed by atoms with E-state index in [9.17, 15) is 15.3 Å². The van der Waals surface area contributed by atoms with Gasteiger partial charge in [-0.2, -0.15) is 0 Å². The van der Waals surface area contributed by atoms with E-state index in [1.54, 1.807) is 4.57 Å². The summed E-state index contributed by atoms with van der Waals surface area (Å²) < 4.78 is 7.23. The second kappa shape index (κ2) is 8.44. The molecule has 0 amide bonds. The maximum absolute atomic E-state index is 10.4. The van der Waals surface area contributed by atoms with Crippen LogP contribution in [0, 0.1) is 0 Å². The minimum Gasteiger partial charge on any atom is -0.394 e. The van der Waals surface area contributed by atoms with Gasteiger partial charge in [-0.05, 0) is 23.1 Å². The van der Waals surface area contributed by atoms with Gasteiger partial charge in [0.05, 0.1) is 19.0 Å². The van der Waals surface area contributed by atoms with Gasteiger partial charge in [0.2, 0.25) is 0 Å². The van der Waals surface area contributed by atoms with Crippen molar-refractivity contribution in [2.24, 2.45) is 0 Å². The van der Waals surface area contributed by atoms with Crippen molar-refractivity contribution < 1.29 is 20.1 Å². The Balaban J connectivity index is 1.32. The average Bonchev–Trinajstić information content (AvgIpc) is 3.55. The van der Waals surface area contributed by atoms with E-state index < -0.39 is 31.1 Å². The van der Waals surface area contributed by atoms with Crippen LogP contribution >= 0.6 is 0 Å². The van der Waals surface area contributed by atoms with Crippen molar-refractivity contribution in [1.29, 1.82) is 0 Å². The molecule has 4 aromatic rings. The molecule has 3 heterocycles. The van der Waals surface area contributed by atoms with Crippen molar-refractivity contribution in [2.45, 2.75) is 42.9 Å². The third-order valence-corrected chi connectivity index (χ3v) is 6.88. The van der Waals surface area contributed by atoms with Gasteiger partial charge in [-0.15, -0.1) is 0 Å². The minimum atomic E-state index is -1.21. The second-order valence-corrected chi connectivity index (χ2v) is 8.80. The van der Waals surface area contributed by atoms with E-state index in [2.05, 4.69) is 62.7 Å². The molecule has 1 saturated heterocycles.